The molecule has 3 heterocycles. The van der Waals surface area contributed by atoms with Crippen molar-refractivity contribution in [1.82, 2.24) is 14.7 Å². The van der Waals surface area contributed by atoms with Gasteiger partial charge in [-0.05, 0) is 24.6 Å². The van der Waals surface area contributed by atoms with Crippen LogP contribution in [0.25, 0.3) is 23.0 Å². The summed E-state index contributed by atoms with van der Waals surface area (Å²) < 4.78 is 26.0. The predicted molar refractivity (Wildman–Crippen MR) is 131 cm³/mol. The first kappa shape index (κ1) is 21.1. The molecule has 162 valence electrons. The maximum Gasteiger partial charge on any atom is 0.266 e. The number of rotatable bonds is 4. The Balaban J connectivity index is 1.54. The molecule has 9 heteroatoms. The van der Waals surface area contributed by atoms with E-state index in [1.165, 1.54) is 16.7 Å². The molecule has 2 aliphatic heterocycles. The van der Waals surface area contributed by atoms with Crippen LogP contribution in [0.5, 0.6) is 0 Å². The zero-order chi connectivity index (χ0) is 22.3. The molecule has 1 atom stereocenters. The lowest BCUT2D eigenvalue weighted by molar-refractivity contribution is -0.123. The number of benzene rings is 2. The molecular weight excluding hydrogens is 462 g/mol. The second-order valence-electron chi connectivity index (χ2n) is 7.69. The molecule has 5 rings (SSSR count). The molecule has 0 spiro atoms. The van der Waals surface area contributed by atoms with Gasteiger partial charge in [-0.3, -0.25) is 9.69 Å². The summed E-state index contributed by atoms with van der Waals surface area (Å²) in [6.07, 6.45) is 4.12. The maximum absolute atomic E-state index is 13.2. The lowest BCUT2D eigenvalue weighted by Gasteiger charge is -2.20. The predicted octanol–water partition coefficient (Wildman–Crippen LogP) is 3.93. The molecule has 3 aromatic rings. The Morgan fingerprint density at radius 3 is 2.41 bits per heavy atom. The molecule has 1 aromatic heterocycles. The highest BCUT2D eigenvalue weighted by molar-refractivity contribution is 8.26. The van der Waals surface area contributed by atoms with E-state index in [9.17, 15) is 13.2 Å². The van der Waals surface area contributed by atoms with Gasteiger partial charge in [-0.2, -0.15) is 5.10 Å². The number of sulfone groups is 1. The van der Waals surface area contributed by atoms with Crippen molar-refractivity contribution in [2.75, 3.05) is 11.5 Å². The summed E-state index contributed by atoms with van der Waals surface area (Å²) >= 11 is 6.65. The van der Waals surface area contributed by atoms with Crippen molar-refractivity contribution in [3.63, 3.8) is 0 Å². The van der Waals surface area contributed by atoms with Crippen molar-refractivity contribution >= 4 is 50.1 Å². The Bertz CT molecular complexity index is 1330. The van der Waals surface area contributed by atoms with Gasteiger partial charge in [0.1, 0.15) is 4.32 Å². The van der Waals surface area contributed by atoms with Crippen LogP contribution in [0.15, 0.2) is 71.8 Å². The molecule has 2 aromatic carbocycles. The fourth-order valence-corrected chi connectivity index (χ4v) is 7.03. The monoisotopic (exact) mass is 481 g/mol. The molecule has 0 saturated carbocycles. The fourth-order valence-electron chi connectivity index (χ4n) is 3.94. The third kappa shape index (κ3) is 4.03. The topological polar surface area (TPSA) is 72.3 Å². The molecule has 6 nitrogen and oxygen atoms in total. The van der Waals surface area contributed by atoms with E-state index in [-0.39, 0.29) is 23.5 Å². The number of para-hydroxylation sites is 1. The Hall–Kier alpha value is -2.75. The largest absolute Gasteiger partial charge is 0.289 e. The minimum atomic E-state index is -3.12. The highest BCUT2D eigenvalue weighted by Crippen LogP contribution is 2.37. The molecule has 2 fully saturated rings. The van der Waals surface area contributed by atoms with Crippen molar-refractivity contribution in [3.05, 3.63) is 77.3 Å². The zero-order valence-corrected chi connectivity index (χ0v) is 19.4. The summed E-state index contributed by atoms with van der Waals surface area (Å²) in [6.45, 7) is 0. The van der Waals surface area contributed by atoms with Crippen molar-refractivity contribution in [2.45, 2.75) is 12.5 Å². The summed E-state index contributed by atoms with van der Waals surface area (Å²) in [6, 6.07) is 19.2. The molecular formula is C23H19N3O3S3. The second kappa shape index (κ2) is 8.31. The van der Waals surface area contributed by atoms with Crippen LogP contribution in [-0.2, 0) is 14.6 Å². The molecule has 0 radical (unpaired) electrons. The van der Waals surface area contributed by atoms with Crippen LogP contribution in [0.4, 0.5) is 0 Å². The first-order valence-electron chi connectivity index (χ1n) is 10.1. The van der Waals surface area contributed by atoms with E-state index >= 15 is 0 Å². The molecule has 1 amide bonds. The molecule has 0 N–H and O–H groups in total. The van der Waals surface area contributed by atoms with Crippen molar-refractivity contribution in [3.8, 4) is 16.9 Å². The van der Waals surface area contributed by atoms with Gasteiger partial charge >= 0.3 is 0 Å². The fraction of sp³-hybridized carbons (Fsp3) is 0.174. The molecule has 0 aliphatic carbocycles. The SMILES string of the molecule is O=C1C(=Cc2cn(-c3ccccc3)nc2-c2ccccc2)SC(=S)N1C1CCS(=O)(=O)C1. The highest BCUT2D eigenvalue weighted by atomic mass is 32.2. The number of thioether (sulfide) groups is 1. The van der Waals surface area contributed by atoms with Gasteiger partial charge in [0.15, 0.2) is 9.84 Å². The molecule has 2 saturated heterocycles. The van der Waals surface area contributed by atoms with Crippen molar-refractivity contribution in [2.24, 2.45) is 0 Å². The average Bonchev–Trinajstić information content (AvgIpc) is 3.45. The van der Waals surface area contributed by atoms with Crippen LogP contribution in [0.3, 0.4) is 0 Å². The van der Waals surface area contributed by atoms with Crippen LogP contribution in [0.2, 0.25) is 0 Å². The third-order valence-corrected chi connectivity index (χ3v) is 8.57. The smallest absolute Gasteiger partial charge is 0.266 e. The average molecular weight is 482 g/mol. The lowest BCUT2D eigenvalue weighted by atomic mass is 10.1. The number of carbonyl (C=O) groups excluding carboxylic acids is 1. The number of aromatic nitrogens is 2. The number of amides is 1. The first-order valence-corrected chi connectivity index (χ1v) is 13.1. The van der Waals surface area contributed by atoms with Gasteiger partial charge in [-0.1, -0.05) is 72.5 Å². The quantitative estimate of drug-likeness (QED) is 0.415. The van der Waals surface area contributed by atoms with Crippen LogP contribution >= 0.6 is 24.0 Å². The molecule has 32 heavy (non-hydrogen) atoms. The van der Waals surface area contributed by atoms with Crippen molar-refractivity contribution in [1.29, 1.82) is 0 Å². The molecule has 0 bridgehead atoms. The number of hydrogen-bond acceptors (Lipinski definition) is 6. The van der Waals surface area contributed by atoms with Gasteiger partial charge in [0.2, 0.25) is 0 Å². The summed E-state index contributed by atoms with van der Waals surface area (Å²) in [5, 5.41) is 4.78. The summed E-state index contributed by atoms with van der Waals surface area (Å²) in [7, 11) is -3.12. The van der Waals surface area contributed by atoms with Gasteiger partial charge in [-0.15, -0.1) is 0 Å². The van der Waals surface area contributed by atoms with Crippen molar-refractivity contribution < 1.29 is 13.2 Å². The normalized spacial score (nSPS) is 21.6. The van der Waals surface area contributed by atoms with E-state index in [2.05, 4.69) is 0 Å². The van der Waals surface area contributed by atoms with Crippen LogP contribution < -0.4 is 0 Å². The number of thiocarbonyl (C=S) groups is 1. The Morgan fingerprint density at radius 2 is 1.75 bits per heavy atom. The molecule has 2 aliphatic rings. The van der Waals surface area contributed by atoms with E-state index < -0.39 is 9.84 Å². The highest BCUT2D eigenvalue weighted by Gasteiger charge is 2.42. The summed E-state index contributed by atoms with van der Waals surface area (Å²) in [5.74, 6) is -0.183. The second-order valence-corrected chi connectivity index (χ2v) is 11.6. The van der Waals surface area contributed by atoms with Gasteiger partial charge < -0.3 is 0 Å². The molecule has 1 unspecified atom stereocenters. The number of nitrogens with zero attached hydrogens (tertiary/aromatic N) is 3. The van der Waals surface area contributed by atoms with E-state index in [0.29, 0.717) is 15.6 Å². The lowest BCUT2D eigenvalue weighted by Crippen LogP contribution is -2.39. The summed E-state index contributed by atoms with van der Waals surface area (Å²) in [4.78, 5) is 15.1. The van der Waals surface area contributed by atoms with Gasteiger partial charge in [-0.25, -0.2) is 13.1 Å². The Morgan fingerprint density at radius 1 is 1.06 bits per heavy atom. The van der Waals surface area contributed by atoms with Gasteiger partial charge in [0.05, 0.1) is 33.8 Å². The van der Waals surface area contributed by atoms with Crippen LogP contribution in [0.1, 0.15) is 12.0 Å². The first-order chi connectivity index (χ1) is 15.4. The number of hydrogen-bond donors (Lipinski definition) is 0. The maximum atomic E-state index is 13.2. The minimum Gasteiger partial charge on any atom is -0.289 e. The van der Waals surface area contributed by atoms with E-state index in [1.54, 1.807) is 10.8 Å². The zero-order valence-electron chi connectivity index (χ0n) is 16.9. The Labute approximate surface area is 195 Å². The summed E-state index contributed by atoms with van der Waals surface area (Å²) in [5.41, 5.74) is 3.39. The number of carbonyl (C=O) groups is 1. The van der Waals surface area contributed by atoms with Crippen LogP contribution in [-0.4, -0.2) is 50.9 Å². The van der Waals surface area contributed by atoms with E-state index in [0.717, 1.165) is 22.5 Å². The van der Waals surface area contributed by atoms with Gasteiger partial charge in [0.25, 0.3) is 5.91 Å². The third-order valence-electron chi connectivity index (χ3n) is 5.49. The van der Waals surface area contributed by atoms with Gasteiger partial charge in [0, 0.05) is 17.3 Å². The Kier molecular flexibility index (Phi) is 5.48. The van der Waals surface area contributed by atoms with Crippen LogP contribution in [0, 0.1) is 0 Å². The van der Waals surface area contributed by atoms with E-state index in [1.807, 2.05) is 66.9 Å². The standard InChI is InChI=1S/C23H19N3O3S3/c27-22-20(31-23(30)26(22)19-11-12-32(28,29)15-19)13-17-14-25(18-9-5-2-6-10-18)24-21(17)16-7-3-1-4-8-16/h1-10,13-14,19H,11-12,15H2. The van der Waals surface area contributed by atoms with E-state index in [4.69, 9.17) is 17.3 Å². The minimum absolute atomic E-state index is 0.0338.